The van der Waals surface area contributed by atoms with Crippen LogP contribution in [0.1, 0.15) is 49.5 Å². The molecule has 4 amide bonds. The van der Waals surface area contributed by atoms with Crippen molar-refractivity contribution in [2.45, 2.75) is 50.7 Å². The molecule has 2 heterocycles. The first-order valence-electron chi connectivity index (χ1n) is 16.7. The van der Waals surface area contributed by atoms with Gasteiger partial charge < -0.3 is 25.4 Å². The van der Waals surface area contributed by atoms with Crippen molar-refractivity contribution >= 4 is 39.8 Å². The van der Waals surface area contributed by atoms with E-state index in [1.54, 1.807) is 62.1 Å². The summed E-state index contributed by atoms with van der Waals surface area (Å²) in [5.41, 5.74) is 5.80. The summed E-state index contributed by atoms with van der Waals surface area (Å²) in [5.74, 6) is -6.07. The van der Waals surface area contributed by atoms with Crippen molar-refractivity contribution in [3.8, 4) is 0 Å². The summed E-state index contributed by atoms with van der Waals surface area (Å²) in [6.07, 6.45) is 2.97. The van der Waals surface area contributed by atoms with Gasteiger partial charge in [-0.1, -0.05) is 48.5 Å². The van der Waals surface area contributed by atoms with Gasteiger partial charge in [0.25, 0.3) is 21.8 Å². The highest BCUT2D eigenvalue weighted by Gasteiger charge is 2.43. The van der Waals surface area contributed by atoms with Gasteiger partial charge >= 0.3 is 12.1 Å². The van der Waals surface area contributed by atoms with E-state index < -0.39 is 69.3 Å². The van der Waals surface area contributed by atoms with E-state index in [-0.39, 0.29) is 29.0 Å². The van der Waals surface area contributed by atoms with Gasteiger partial charge in [-0.2, -0.15) is 8.42 Å². The molecule has 0 bridgehead atoms. The van der Waals surface area contributed by atoms with Gasteiger partial charge in [-0.15, -0.1) is 4.41 Å². The molecule has 3 N–H and O–H groups in total. The molecule has 3 aromatic rings. The molecule has 1 aromatic heterocycles. The molecule has 4 rings (SSSR count). The third-order valence-corrected chi connectivity index (χ3v) is 9.69. The van der Waals surface area contributed by atoms with E-state index in [0.717, 1.165) is 6.20 Å². The van der Waals surface area contributed by atoms with Crippen molar-refractivity contribution in [2.75, 3.05) is 32.7 Å². The Morgan fingerprint density at radius 2 is 1.60 bits per heavy atom. The summed E-state index contributed by atoms with van der Waals surface area (Å²) in [7, 11) is -4.92. The lowest BCUT2D eigenvalue weighted by Gasteiger charge is -2.35. The third kappa shape index (κ3) is 10.6. The molecule has 278 valence electrons. The number of nitrogens with one attached hydrogen (secondary N) is 1. The number of nitrogens with two attached hydrogens (primary N) is 1. The molecule has 2 aromatic carbocycles. The van der Waals surface area contributed by atoms with E-state index >= 15 is 0 Å². The number of carbonyl (C=O) groups excluding carboxylic acids is 5. The number of benzene rings is 2. The lowest BCUT2D eigenvalue weighted by molar-refractivity contribution is -0.159. The van der Waals surface area contributed by atoms with Crippen LogP contribution in [-0.4, -0.2) is 95.8 Å². The van der Waals surface area contributed by atoms with Crippen molar-refractivity contribution in [3.63, 3.8) is 0 Å². The zero-order chi connectivity index (χ0) is 37.9. The number of pyridine rings is 1. The number of hydrogen-bond acceptors (Lipinski definition) is 11. The second-order valence-electron chi connectivity index (χ2n) is 13.1. The molecule has 1 aliphatic rings. The highest BCUT2D eigenvalue weighted by atomic mass is 32.2. The van der Waals surface area contributed by atoms with Crippen LogP contribution in [0.4, 0.5) is 4.79 Å². The Kier molecular flexibility index (Phi) is 13.4. The number of amides is 4. The maximum atomic E-state index is 14.3. The number of sulfonamides is 1. The van der Waals surface area contributed by atoms with Crippen LogP contribution in [0.15, 0.2) is 90.1 Å². The minimum absolute atomic E-state index is 0.0534. The average Bonchev–Trinajstić information content (AvgIpc) is 3.13. The van der Waals surface area contributed by atoms with Crippen LogP contribution in [0, 0.1) is 11.8 Å². The molecule has 1 atom stereocenters. The third-order valence-electron chi connectivity index (χ3n) is 8.03. The van der Waals surface area contributed by atoms with Crippen LogP contribution in [0.25, 0.3) is 0 Å². The summed E-state index contributed by atoms with van der Waals surface area (Å²) in [6.45, 7) is 4.41. The van der Waals surface area contributed by atoms with Crippen molar-refractivity contribution < 1.29 is 41.9 Å². The molecule has 0 saturated carbocycles. The van der Waals surface area contributed by atoms with Crippen LogP contribution in [0.2, 0.25) is 0 Å². The van der Waals surface area contributed by atoms with Gasteiger partial charge in [-0.05, 0) is 69.4 Å². The fourth-order valence-electron chi connectivity index (χ4n) is 5.29. The van der Waals surface area contributed by atoms with Crippen molar-refractivity contribution in [2.24, 2.45) is 17.6 Å². The number of ether oxygens (including phenoxy) is 2. The fourth-order valence-corrected chi connectivity index (χ4v) is 6.66. The van der Waals surface area contributed by atoms with Gasteiger partial charge in [0.2, 0.25) is 5.91 Å². The predicted octanol–water partition coefficient (Wildman–Crippen LogP) is 2.74. The van der Waals surface area contributed by atoms with E-state index in [1.807, 2.05) is 0 Å². The van der Waals surface area contributed by atoms with Gasteiger partial charge in [0.05, 0.1) is 0 Å². The fraction of sp³-hybridized carbons (Fsp3) is 0.389. The average molecular weight is 737 g/mol. The molecule has 1 aliphatic heterocycles. The van der Waals surface area contributed by atoms with Crippen LogP contribution >= 0.6 is 0 Å². The number of rotatable bonds is 12. The Labute approximate surface area is 303 Å². The summed E-state index contributed by atoms with van der Waals surface area (Å²) in [6, 6.07) is 18.4. The maximum Gasteiger partial charge on any atom is 0.410 e. The highest BCUT2D eigenvalue weighted by Crippen LogP contribution is 2.23. The van der Waals surface area contributed by atoms with E-state index in [2.05, 4.69) is 10.3 Å². The minimum atomic E-state index is -4.92. The van der Waals surface area contributed by atoms with Gasteiger partial charge in [-0.25, -0.2) is 9.80 Å². The van der Waals surface area contributed by atoms with Crippen LogP contribution in [0.3, 0.4) is 0 Å². The quantitative estimate of drug-likeness (QED) is 0.158. The number of piperidine rings is 1. The van der Waals surface area contributed by atoms with Gasteiger partial charge in [-0.3, -0.25) is 24.2 Å². The van der Waals surface area contributed by atoms with Crippen molar-refractivity contribution in [1.29, 1.82) is 0 Å². The normalized spacial score (nSPS) is 14.1. The SMILES string of the molecule is CC(C)(C)OC(=O)N1CCC(CNC(=O)C(CN)C(=O)N(CC(=O)OCc2ccccc2)N(C(=O)c2ccccc2)S(=O)(=O)c2cccnc2)CC1. The molecule has 16 heteroatoms. The zero-order valence-corrected chi connectivity index (χ0v) is 30.2. The Morgan fingerprint density at radius 1 is 0.962 bits per heavy atom. The topological polar surface area (TPSA) is 199 Å². The van der Waals surface area contributed by atoms with Crippen molar-refractivity contribution in [1.82, 2.24) is 24.6 Å². The Hall–Kier alpha value is -5.35. The number of carbonyl (C=O) groups is 5. The molecule has 15 nitrogen and oxygen atoms in total. The largest absolute Gasteiger partial charge is 0.459 e. The number of likely N-dealkylation sites (tertiary alicyclic amines) is 1. The number of hydrazine groups is 1. The van der Waals surface area contributed by atoms with E-state index in [4.69, 9.17) is 15.2 Å². The maximum absolute atomic E-state index is 14.3. The summed E-state index contributed by atoms with van der Waals surface area (Å²) in [5, 5.41) is 3.10. The van der Waals surface area contributed by atoms with E-state index in [1.165, 1.54) is 42.6 Å². The van der Waals surface area contributed by atoms with Crippen LogP contribution in [0.5, 0.6) is 0 Å². The van der Waals surface area contributed by atoms with E-state index in [9.17, 15) is 32.4 Å². The number of aromatic nitrogens is 1. The summed E-state index contributed by atoms with van der Waals surface area (Å²) in [4.78, 5) is 72.7. The summed E-state index contributed by atoms with van der Waals surface area (Å²) >= 11 is 0. The second-order valence-corrected chi connectivity index (χ2v) is 14.9. The monoisotopic (exact) mass is 736 g/mol. The van der Waals surface area contributed by atoms with Gasteiger partial charge in [0.15, 0.2) is 0 Å². The van der Waals surface area contributed by atoms with Gasteiger partial charge in [0, 0.05) is 44.1 Å². The standard InChI is InChI=1S/C36H44N6O9S/c1-36(2,3)51-35(47)40-19-16-26(17-20-40)22-39-32(44)30(21-37)34(46)41(24-31(43)50-25-27-11-6-4-7-12-27)42(33(45)28-13-8-5-9-14-28)52(48,49)29-15-10-18-38-23-29/h4-15,18,23,26,30H,16-17,19-22,24-25,37H2,1-3H3,(H,39,44). The molecular formula is C36H44N6O9S. The lowest BCUT2D eigenvalue weighted by Crippen LogP contribution is -2.58. The molecule has 52 heavy (non-hydrogen) atoms. The first-order valence-corrected chi connectivity index (χ1v) is 18.2. The molecule has 0 spiro atoms. The Bertz CT molecular complexity index is 1800. The zero-order valence-electron chi connectivity index (χ0n) is 29.3. The molecule has 0 aliphatic carbocycles. The lowest BCUT2D eigenvalue weighted by atomic mass is 9.96. The second kappa shape index (κ2) is 17.7. The number of nitrogens with zero attached hydrogens (tertiary/aromatic N) is 4. The van der Waals surface area contributed by atoms with Crippen LogP contribution in [-0.2, 0) is 40.5 Å². The Morgan fingerprint density at radius 3 is 2.17 bits per heavy atom. The minimum Gasteiger partial charge on any atom is -0.459 e. The summed E-state index contributed by atoms with van der Waals surface area (Å²) < 4.78 is 39.3. The first kappa shape index (κ1) is 39.4. The number of hydrogen-bond donors (Lipinski definition) is 2. The Balaban J connectivity index is 1.60. The molecule has 1 fully saturated rings. The number of esters is 1. The molecule has 1 unspecified atom stereocenters. The predicted molar refractivity (Wildman–Crippen MR) is 188 cm³/mol. The molecule has 0 radical (unpaired) electrons. The van der Waals surface area contributed by atoms with Gasteiger partial charge in [0.1, 0.15) is 29.6 Å². The van der Waals surface area contributed by atoms with E-state index in [0.29, 0.717) is 36.5 Å². The smallest absolute Gasteiger partial charge is 0.410 e. The molecule has 1 saturated heterocycles. The van der Waals surface area contributed by atoms with Crippen LogP contribution < -0.4 is 11.1 Å². The molecular weight excluding hydrogens is 692 g/mol. The van der Waals surface area contributed by atoms with Crippen molar-refractivity contribution in [3.05, 3.63) is 96.3 Å². The first-order chi connectivity index (χ1) is 24.7. The highest BCUT2D eigenvalue weighted by molar-refractivity contribution is 7.89.